The van der Waals surface area contributed by atoms with E-state index in [1.165, 1.54) is 24.3 Å². The topological polar surface area (TPSA) is 17.1 Å². The molecule has 2 aromatic carbocycles. The van der Waals surface area contributed by atoms with Crippen LogP contribution in [0.3, 0.4) is 0 Å². The predicted molar refractivity (Wildman–Crippen MR) is 90.4 cm³/mol. The van der Waals surface area contributed by atoms with Crippen LogP contribution in [-0.2, 0) is 13.4 Å². The first-order chi connectivity index (χ1) is 10.2. The molecule has 0 aliphatic rings. The van der Waals surface area contributed by atoms with E-state index < -0.39 is 26.1 Å². The smallest absolute Gasteiger partial charge is 0.174 e. The maximum atomic E-state index is 14.0. The van der Waals surface area contributed by atoms with Crippen LogP contribution in [0.25, 0.3) is 0 Å². The van der Waals surface area contributed by atoms with Gasteiger partial charge in [0.05, 0.1) is 0 Å². The highest BCUT2D eigenvalue weighted by molar-refractivity contribution is 9.10. The molecule has 2 unspecified atom stereocenters. The number of carbonyl (C=O) groups excluding carboxylic acids is 1. The van der Waals surface area contributed by atoms with E-state index in [9.17, 15) is 13.6 Å². The summed E-state index contributed by atoms with van der Waals surface area (Å²) in [5.41, 5.74) is 0.420. The Bertz CT molecular complexity index is 652. The van der Waals surface area contributed by atoms with Crippen molar-refractivity contribution >= 4 is 37.6 Å². The molecular weight excluding hydrogens is 418 g/mol. The van der Waals surface area contributed by atoms with Gasteiger partial charge in [-0.05, 0) is 26.0 Å². The number of halogens is 4. The molecule has 0 spiro atoms. The number of hydrogen-bond donors (Lipinski definition) is 0. The van der Waals surface area contributed by atoms with Crippen LogP contribution >= 0.6 is 31.9 Å². The maximum Gasteiger partial charge on any atom is 0.174 e. The van der Waals surface area contributed by atoms with Crippen molar-refractivity contribution in [2.75, 3.05) is 0 Å². The molecule has 0 bridgehead atoms. The Morgan fingerprint density at radius 2 is 1.14 bits per heavy atom. The monoisotopic (exact) mass is 430 g/mol. The van der Waals surface area contributed by atoms with Crippen LogP contribution in [0, 0.1) is 11.6 Å². The third kappa shape index (κ3) is 3.01. The lowest BCUT2D eigenvalue weighted by Crippen LogP contribution is -2.39. The van der Waals surface area contributed by atoms with Crippen LogP contribution in [0.4, 0.5) is 8.78 Å². The zero-order valence-corrected chi connectivity index (χ0v) is 15.2. The Morgan fingerprint density at radius 1 is 0.818 bits per heavy atom. The summed E-state index contributed by atoms with van der Waals surface area (Å²) in [7, 11) is 0. The average Bonchev–Trinajstić information content (AvgIpc) is 2.47. The maximum absolute atomic E-state index is 14.0. The molecule has 0 aliphatic heterocycles. The average molecular weight is 432 g/mol. The van der Waals surface area contributed by atoms with Gasteiger partial charge in [0.2, 0.25) is 0 Å². The molecule has 0 heterocycles. The number of rotatable bonds is 4. The number of ketones is 1. The molecule has 116 valence electrons. The number of benzene rings is 2. The van der Waals surface area contributed by atoms with E-state index in [0.29, 0.717) is 0 Å². The summed E-state index contributed by atoms with van der Waals surface area (Å²) in [6, 6.07) is 12.1. The molecule has 0 radical (unpaired) electrons. The highest BCUT2D eigenvalue weighted by Gasteiger charge is 2.46. The third-order valence-corrected chi connectivity index (χ3v) is 5.19. The lowest BCUT2D eigenvalue weighted by Gasteiger charge is -2.31. The fourth-order valence-electron chi connectivity index (χ4n) is 2.37. The first kappa shape index (κ1) is 17.3. The molecule has 5 heteroatoms. The molecule has 0 saturated carbocycles. The van der Waals surface area contributed by atoms with Gasteiger partial charge >= 0.3 is 0 Å². The second-order valence-electron chi connectivity index (χ2n) is 5.29. The van der Waals surface area contributed by atoms with Crippen LogP contribution in [0.1, 0.15) is 25.0 Å². The van der Waals surface area contributed by atoms with Crippen molar-refractivity contribution in [2.45, 2.75) is 22.5 Å². The van der Waals surface area contributed by atoms with Crippen molar-refractivity contribution in [1.29, 1.82) is 0 Å². The summed E-state index contributed by atoms with van der Waals surface area (Å²) in [5.74, 6) is -1.38. The van der Waals surface area contributed by atoms with E-state index in [1.807, 2.05) is 0 Å². The number of hydrogen-bond acceptors (Lipinski definition) is 1. The van der Waals surface area contributed by atoms with Crippen molar-refractivity contribution in [3.63, 3.8) is 0 Å². The van der Waals surface area contributed by atoms with Crippen molar-refractivity contribution in [2.24, 2.45) is 0 Å². The fraction of sp³-hybridized carbons (Fsp3) is 0.235. The predicted octanol–water partition coefficient (Wildman–Crippen LogP) is 5.45. The van der Waals surface area contributed by atoms with Gasteiger partial charge in [-0.25, -0.2) is 8.78 Å². The first-order valence-corrected chi connectivity index (χ1v) is 8.20. The molecule has 0 saturated heterocycles. The Hall–Kier alpha value is -1.07. The molecule has 0 aromatic heterocycles. The number of carbonyl (C=O) groups is 1. The molecule has 0 amide bonds. The normalized spacial score (nSPS) is 16.6. The molecule has 0 fully saturated rings. The number of Topliss-reactive ketones (excluding diaryl/α,β-unsaturated/α-hetero) is 1. The summed E-state index contributed by atoms with van der Waals surface area (Å²) < 4.78 is 25.5. The Morgan fingerprint density at radius 3 is 1.45 bits per heavy atom. The first-order valence-electron chi connectivity index (χ1n) is 6.61. The van der Waals surface area contributed by atoms with Crippen molar-refractivity contribution < 1.29 is 13.6 Å². The summed E-state index contributed by atoms with van der Waals surface area (Å²) in [4.78, 5) is 13.0. The molecule has 1 nitrogen and oxygen atoms in total. The lowest BCUT2D eigenvalue weighted by atomic mass is 9.85. The van der Waals surface area contributed by atoms with E-state index in [-0.39, 0.29) is 11.1 Å². The van der Waals surface area contributed by atoms with Gasteiger partial charge in [0.15, 0.2) is 5.78 Å². The summed E-state index contributed by atoms with van der Waals surface area (Å²) >= 11 is 6.64. The third-order valence-electron chi connectivity index (χ3n) is 3.61. The van der Waals surface area contributed by atoms with Gasteiger partial charge in [0.25, 0.3) is 0 Å². The second-order valence-corrected chi connectivity index (χ2v) is 8.47. The van der Waals surface area contributed by atoms with Gasteiger partial charge in [-0.2, -0.15) is 0 Å². The summed E-state index contributed by atoms with van der Waals surface area (Å²) in [5, 5.41) is 0. The van der Waals surface area contributed by atoms with Gasteiger partial charge < -0.3 is 0 Å². The van der Waals surface area contributed by atoms with E-state index in [4.69, 9.17) is 0 Å². The van der Waals surface area contributed by atoms with Crippen LogP contribution in [-0.4, -0.2) is 5.78 Å². The Balaban J connectivity index is 2.50. The minimum Gasteiger partial charge on any atom is -0.296 e. The minimum absolute atomic E-state index is 0.210. The summed E-state index contributed by atoms with van der Waals surface area (Å²) in [6.07, 6.45) is 0. The van der Waals surface area contributed by atoms with E-state index in [1.54, 1.807) is 38.1 Å². The van der Waals surface area contributed by atoms with E-state index in [2.05, 4.69) is 31.9 Å². The molecule has 0 N–H and O–H groups in total. The Labute approximate surface area is 145 Å². The van der Waals surface area contributed by atoms with Gasteiger partial charge in [-0.1, -0.05) is 68.3 Å². The minimum atomic E-state index is -1.29. The van der Waals surface area contributed by atoms with Crippen LogP contribution in [0.15, 0.2) is 48.5 Å². The fourth-order valence-corrected chi connectivity index (χ4v) is 4.07. The highest BCUT2D eigenvalue weighted by atomic mass is 79.9. The van der Waals surface area contributed by atoms with Crippen molar-refractivity contribution in [3.05, 3.63) is 71.3 Å². The van der Waals surface area contributed by atoms with Crippen LogP contribution < -0.4 is 0 Å². The molecule has 0 aliphatic carbocycles. The van der Waals surface area contributed by atoms with Crippen LogP contribution in [0.2, 0.25) is 0 Å². The zero-order chi connectivity index (χ0) is 16.5. The summed E-state index contributed by atoms with van der Waals surface area (Å²) in [6.45, 7) is 3.13. The van der Waals surface area contributed by atoms with E-state index >= 15 is 0 Å². The van der Waals surface area contributed by atoms with Gasteiger partial charge in [-0.3, -0.25) is 4.79 Å². The molecule has 22 heavy (non-hydrogen) atoms. The zero-order valence-electron chi connectivity index (χ0n) is 12.0. The SMILES string of the molecule is CC(Br)(C(=O)C(C)(Br)c1ccccc1F)c1ccccc1F. The molecule has 2 rings (SSSR count). The molecule has 2 aromatic rings. The number of alkyl halides is 2. The largest absolute Gasteiger partial charge is 0.296 e. The van der Waals surface area contributed by atoms with Gasteiger partial charge in [0, 0.05) is 11.1 Å². The second kappa shape index (κ2) is 6.20. The molecular formula is C17H14Br2F2O. The highest BCUT2D eigenvalue weighted by Crippen LogP contribution is 2.44. The quantitative estimate of drug-likeness (QED) is 0.588. The Kier molecular flexibility index (Phi) is 4.87. The van der Waals surface area contributed by atoms with Gasteiger partial charge in [-0.15, -0.1) is 0 Å². The standard InChI is InChI=1S/C17H14Br2F2O/c1-16(18,11-7-3-5-9-13(11)20)15(22)17(2,19)12-8-4-6-10-14(12)21/h3-10H,1-2H3. The van der Waals surface area contributed by atoms with Crippen LogP contribution in [0.5, 0.6) is 0 Å². The van der Waals surface area contributed by atoms with Crippen molar-refractivity contribution in [3.8, 4) is 0 Å². The van der Waals surface area contributed by atoms with E-state index in [0.717, 1.165) is 0 Å². The molecule has 2 atom stereocenters. The van der Waals surface area contributed by atoms with Gasteiger partial charge in [0.1, 0.15) is 20.3 Å². The van der Waals surface area contributed by atoms with Crippen molar-refractivity contribution in [1.82, 2.24) is 0 Å². The lowest BCUT2D eigenvalue weighted by molar-refractivity contribution is -0.123.